The predicted molar refractivity (Wildman–Crippen MR) is 122 cm³/mol. The van der Waals surface area contributed by atoms with Gasteiger partial charge in [0.25, 0.3) is 0 Å². The molecule has 30 heavy (non-hydrogen) atoms. The van der Waals surface area contributed by atoms with Crippen molar-refractivity contribution in [1.82, 2.24) is 5.32 Å². The summed E-state index contributed by atoms with van der Waals surface area (Å²) in [6, 6.07) is 0. The van der Waals surface area contributed by atoms with Gasteiger partial charge in [0.1, 0.15) is 0 Å². The molecule has 0 atom stereocenters. The summed E-state index contributed by atoms with van der Waals surface area (Å²) in [4.78, 5) is 10.3. The first-order chi connectivity index (χ1) is 14.2. The average molecular weight is 458 g/mol. The van der Waals surface area contributed by atoms with Crippen molar-refractivity contribution in [3.8, 4) is 0 Å². The monoisotopic (exact) mass is 457 g/mol. The van der Waals surface area contributed by atoms with Gasteiger partial charge in [-0.25, -0.2) is 0 Å². The van der Waals surface area contributed by atoms with E-state index in [2.05, 4.69) is 16.4 Å². The Morgan fingerprint density at radius 3 is 1.43 bits per heavy atom. The van der Waals surface area contributed by atoms with E-state index < -0.39 is 16.4 Å². The van der Waals surface area contributed by atoms with Crippen LogP contribution in [0.1, 0.15) is 104 Å². The van der Waals surface area contributed by atoms with Crippen molar-refractivity contribution in [3.05, 3.63) is 0 Å². The van der Waals surface area contributed by atoms with Gasteiger partial charge in [-0.15, -0.1) is 0 Å². The third-order valence-electron chi connectivity index (χ3n) is 4.24. The molecule has 0 saturated heterocycles. The van der Waals surface area contributed by atoms with Crippen LogP contribution in [0.3, 0.4) is 0 Å². The van der Waals surface area contributed by atoms with Crippen LogP contribution in [0.4, 0.5) is 0 Å². The zero-order valence-electron chi connectivity index (χ0n) is 19.4. The summed E-state index contributed by atoms with van der Waals surface area (Å²) in [5.74, 6) is -0.655. The van der Waals surface area contributed by atoms with Gasteiger partial charge in [-0.1, -0.05) is 90.9 Å². The van der Waals surface area contributed by atoms with E-state index in [1.165, 1.54) is 70.6 Å². The molecule has 0 aliphatic carbocycles. The molecule has 0 aromatic carbocycles. The number of nitrogens with one attached hydrogen (secondary N) is 1. The van der Waals surface area contributed by atoms with Gasteiger partial charge in [0.05, 0.1) is 13.7 Å². The molecule has 0 heterocycles. The number of hydrogen-bond acceptors (Lipinski definition) is 6. The van der Waals surface area contributed by atoms with Crippen LogP contribution in [-0.2, 0) is 19.4 Å². The Balaban J connectivity index is -0.000000495. The topological polar surface area (TPSA) is 133 Å². The Bertz CT molecular complexity index is 427. The quantitative estimate of drug-likeness (QED) is 0.174. The van der Waals surface area contributed by atoms with Crippen LogP contribution in [0.2, 0.25) is 0 Å². The first-order valence-electron chi connectivity index (χ1n) is 11.3. The molecule has 9 heteroatoms. The van der Waals surface area contributed by atoms with Crippen molar-refractivity contribution < 1.29 is 32.2 Å². The van der Waals surface area contributed by atoms with E-state index in [1.54, 1.807) is 0 Å². The van der Waals surface area contributed by atoms with Crippen molar-refractivity contribution in [3.63, 3.8) is 0 Å². The summed E-state index contributed by atoms with van der Waals surface area (Å²) in [6.45, 7) is 6.18. The average Bonchev–Trinajstić information content (AvgIpc) is 2.70. The highest BCUT2D eigenvalue weighted by Gasteiger charge is 1.97. The lowest BCUT2D eigenvalue weighted by atomic mass is 10.0. The van der Waals surface area contributed by atoms with E-state index in [0.717, 1.165) is 33.0 Å². The lowest BCUT2D eigenvalue weighted by Gasteiger charge is -2.02. The van der Waals surface area contributed by atoms with E-state index in [-0.39, 0.29) is 6.61 Å². The number of carboxylic acids is 1. The number of unbranched alkanes of at least 4 members (excludes halogenated alkanes) is 12. The molecular weight excluding hydrogens is 410 g/mol. The highest BCUT2D eigenvalue weighted by molar-refractivity contribution is 7.80. The van der Waals surface area contributed by atoms with Crippen molar-refractivity contribution in [2.45, 2.75) is 104 Å². The second kappa shape index (κ2) is 28.3. The molecule has 0 unspecified atom stereocenters. The molecule has 0 spiro atoms. The van der Waals surface area contributed by atoms with Gasteiger partial charge < -0.3 is 15.5 Å². The van der Waals surface area contributed by atoms with E-state index in [9.17, 15) is 13.2 Å². The Morgan fingerprint density at radius 1 is 0.833 bits per heavy atom. The summed E-state index contributed by atoms with van der Waals surface area (Å²) in [5, 5.41) is 19.6. The van der Waals surface area contributed by atoms with Gasteiger partial charge in [0.15, 0.2) is 0 Å². The SMILES string of the molecule is CCCCCCCCCCCCCCCC(=O)O.CCNCCO.COS(=O)(=O)O. The first kappa shape index (κ1) is 33.9. The van der Waals surface area contributed by atoms with Crippen LogP contribution in [-0.4, -0.2) is 56.0 Å². The van der Waals surface area contributed by atoms with Crippen LogP contribution in [0.5, 0.6) is 0 Å². The number of carbonyl (C=O) groups is 1. The summed E-state index contributed by atoms with van der Waals surface area (Å²) < 4.78 is 29.7. The normalized spacial score (nSPS) is 10.6. The Kier molecular flexibility index (Phi) is 31.9. The van der Waals surface area contributed by atoms with Gasteiger partial charge >= 0.3 is 16.4 Å². The highest BCUT2D eigenvalue weighted by atomic mass is 32.3. The lowest BCUT2D eigenvalue weighted by molar-refractivity contribution is -0.137. The molecule has 184 valence electrons. The standard InChI is InChI=1S/C16H32O2.C4H11NO.CH4O4S/c1-2-3-4-5-6-7-8-9-10-11-12-13-14-15-16(17)18;1-2-5-3-4-6;1-5-6(2,3)4/h2-15H2,1H3,(H,17,18);5-6H,2-4H2,1H3;1H3,(H,2,3,4). The molecule has 0 radical (unpaired) electrons. The second-order valence-corrected chi connectivity index (χ2v) is 8.25. The molecule has 4 N–H and O–H groups in total. The van der Waals surface area contributed by atoms with Gasteiger partial charge in [0, 0.05) is 13.0 Å². The fourth-order valence-electron chi connectivity index (χ4n) is 2.55. The summed E-state index contributed by atoms with van der Waals surface area (Å²) in [5.41, 5.74) is 0. The zero-order chi connectivity index (χ0) is 23.5. The van der Waals surface area contributed by atoms with Crippen molar-refractivity contribution in [2.24, 2.45) is 0 Å². The minimum absolute atomic E-state index is 0.244. The Labute approximate surface area is 184 Å². The summed E-state index contributed by atoms with van der Waals surface area (Å²) in [6.07, 6.45) is 17.3. The zero-order valence-corrected chi connectivity index (χ0v) is 20.2. The first-order valence-corrected chi connectivity index (χ1v) is 12.7. The van der Waals surface area contributed by atoms with Gasteiger partial charge in [-0.2, -0.15) is 8.42 Å². The molecule has 0 bridgehead atoms. The fourth-order valence-corrected chi connectivity index (χ4v) is 2.55. The molecule has 0 aromatic heterocycles. The maximum absolute atomic E-state index is 10.3. The van der Waals surface area contributed by atoms with Crippen LogP contribution < -0.4 is 5.32 Å². The number of rotatable bonds is 18. The number of aliphatic hydroxyl groups is 1. The number of carboxylic acid groups (broad SMARTS) is 1. The highest BCUT2D eigenvalue weighted by Crippen LogP contribution is 2.12. The molecule has 8 nitrogen and oxygen atoms in total. The molecule has 0 aliphatic rings. The minimum Gasteiger partial charge on any atom is -0.481 e. The number of aliphatic carboxylic acids is 1. The maximum atomic E-state index is 10.3. The third kappa shape index (κ3) is 45.8. The number of aliphatic hydroxyl groups excluding tert-OH is 1. The van der Waals surface area contributed by atoms with Crippen LogP contribution in [0.15, 0.2) is 0 Å². The van der Waals surface area contributed by atoms with Crippen LogP contribution >= 0.6 is 0 Å². The number of likely N-dealkylation sites (N-methyl/N-ethyl adjacent to an activating group) is 1. The molecule has 0 rings (SSSR count). The van der Waals surface area contributed by atoms with Crippen LogP contribution in [0.25, 0.3) is 0 Å². The Morgan fingerprint density at radius 2 is 1.20 bits per heavy atom. The van der Waals surface area contributed by atoms with E-state index in [1.807, 2.05) is 6.92 Å². The summed E-state index contributed by atoms with van der Waals surface area (Å²) >= 11 is 0. The summed E-state index contributed by atoms with van der Waals surface area (Å²) in [7, 11) is -3.29. The molecule has 0 aromatic rings. The second-order valence-electron chi connectivity index (χ2n) is 7.06. The Hall–Kier alpha value is -0.740. The minimum atomic E-state index is -4.16. The van der Waals surface area contributed by atoms with Gasteiger partial charge in [-0.3, -0.25) is 13.5 Å². The molecule has 0 saturated carbocycles. The fraction of sp³-hybridized carbons (Fsp3) is 0.952. The van der Waals surface area contributed by atoms with E-state index >= 15 is 0 Å². The molecule has 0 fully saturated rings. The van der Waals surface area contributed by atoms with Gasteiger partial charge in [0.2, 0.25) is 0 Å². The van der Waals surface area contributed by atoms with Crippen molar-refractivity contribution in [2.75, 3.05) is 26.8 Å². The molecular formula is C21H47NO7S. The molecule has 0 amide bonds. The van der Waals surface area contributed by atoms with Crippen molar-refractivity contribution >= 4 is 16.4 Å². The predicted octanol–water partition coefficient (Wildman–Crippen LogP) is 4.58. The maximum Gasteiger partial charge on any atom is 0.397 e. The third-order valence-corrected chi connectivity index (χ3v) is 4.66. The molecule has 0 aliphatic heterocycles. The lowest BCUT2D eigenvalue weighted by Crippen LogP contribution is -2.16. The van der Waals surface area contributed by atoms with E-state index in [4.69, 9.17) is 14.8 Å². The van der Waals surface area contributed by atoms with Gasteiger partial charge in [-0.05, 0) is 13.0 Å². The number of hydrogen-bond donors (Lipinski definition) is 4. The van der Waals surface area contributed by atoms with Crippen molar-refractivity contribution in [1.29, 1.82) is 0 Å². The smallest absolute Gasteiger partial charge is 0.397 e. The largest absolute Gasteiger partial charge is 0.481 e. The van der Waals surface area contributed by atoms with Crippen LogP contribution in [0, 0.1) is 0 Å². The van der Waals surface area contributed by atoms with E-state index in [0.29, 0.717) is 6.42 Å².